The van der Waals surface area contributed by atoms with Crippen LogP contribution in [0.25, 0.3) is 28.0 Å². The molecule has 0 bridgehead atoms. The minimum absolute atomic E-state index is 0.207. The fourth-order valence-corrected chi connectivity index (χ4v) is 4.08. The molecule has 9 nitrogen and oxygen atoms in total. The van der Waals surface area contributed by atoms with Crippen molar-refractivity contribution in [3.05, 3.63) is 88.4 Å². The molecule has 36 heavy (non-hydrogen) atoms. The van der Waals surface area contributed by atoms with E-state index >= 15 is 0 Å². The Labute approximate surface area is 207 Å². The first-order valence-corrected chi connectivity index (χ1v) is 11.3. The molecule has 3 heterocycles. The number of nitrogens with one attached hydrogen (secondary N) is 1. The summed E-state index contributed by atoms with van der Waals surface area (Å²) < 4.78 is 6.96. The van der Waals surface area contributed by atoms with Crippen LogP contribution in [0.1, 0.15) is 37.1 Å². The largest absolute Gasteiger partial charge is 0.398 e. The lowest BCUT2D eigenvalue weighted by Gasteiger charge is -2.21. The molecule has 0 radical (unpaired) electrons. The lowest BCUT2D eigenvalue weighted by molar-refractivity contribution is 0.426. The zero-order valence-electron chi connectivity index (χ0n) is 20.0. The molecule has 0 saturated heterocycles. The van der Waals surface area contributed by atoms with Gasteiger partial charge in [-0.05, 0) is 51.1 Å². The third-order valence-electron chi connectivity index (χ3n) is 5.66. The van der Waals surface area contributed by atoms with Crippen LogP contribution in [0.15, 0.2) is 70.1 Å². The van der Waals surface area contributed by atoms with Crippen LogP contribution in [0.4, 0.5) is 11.5 Å². The maximum absolute atomic E-state index is 13.9. The smallest absolute Gasteiger partial charge is 0.267 e. The molecule has 0 saturated carbocycles. The number of nitrogen functional groups attached to an aromatic ring is 1. The van der Waals surface area contributed by atoms with Crippen molar-refractivity contribution < 1.29 is 4.52 Å². The maximum Gasteiger partial charge on any atom is 0.267 e. The minimum Gasteiger partial charge on any atom is -0.398 e. The van der Waals surface area contributed by atoms with Crippen LogP contribution >= 0.6 is 0 Å². The normalized spacial score (nSPS) is 11.6. The average Bonchev–Trinajstić information content (AvgIpc) is 3.30. The Balaban J connectivity index is 1.70. The van der Waals surface area contributed by atoms with E-state index in [1.165, 1.54) is 0 Å². The van der Waals surface area contributed by atoms with E-state index in [0.717, 1.165) is 0 Å². The third-order valence-corrected chi connectivity index (χ3v) is 5.66. The summed E-state index contributed by atoms with van der Waals surface area (Å²) in [4.78, 5) is 27.6. The monoisotopic (exact) mass is 477 g/mol. The molecular formula is C27H23N7O2. The molecule has 178 valence electrons. The van der Waals surface area contributed by atoms with E-state index in [4.69, 9.17) is 15.2 Å². The highest BCUT2D eigenvalue weighted by molar-refractivity contribution is 5.85. The Kier molecular flexibility index (Phi) is 5.92. The van der Waals surface area contributed by atoms with Crippen LogP contribution in [0.5, 0.6) is 0 Å². The first-order valence-electron chi connectivity index (χ1n) is 11.3. The fourth-order valence-electron chi connectivity index (χ4n) is 4.08. The van der Waals surface area contributed by atoms with Gasteiger partial charge < -0.3 is 15.6 Å². The van der Waals surface area contributed by atoms with E-state index in [1.54, 1.807) is 30.7 Å². The van der Waals surface area contributed by atoms with Crippen molar-refractivity contribution in [1.82, 2.24) is 24.7 Å². The molecule has 0 spiro atoms. The highest BCUT2D eigenvalue weighted by atomic mass is 16.5. The number of aromatic nitrogens is 5. The second-order valence-corrected chi connectivity index (χ2v) is 8.16. The standard InChI is InChI=1S/C27H23N7O2/c1-4-9-18-10-8-13-21-22(18)27(35)34(19-11-6-5-7-12-19)25(32-21)16(2)30-24-23(20(28)14-15-29-24)26-31-17(3)33-36-26/h5-8,10-16H,1-3H3,(H3,28,29,30)/t16-/m0/s1. The topological polar surface area (TPSA) is 125 Å². The Morgan fingerprint density at radius 3 is 2.61 bits per heavy atom. The lowest BCUT2D eigenvalue weighted by atomic mass is 10.1. The van der Waals surface area contributed by atoms with Gasteiger partial charge in [-0.3, -0.25) is 9.36 Å². The van der Waals surface area contributed by atoms with Crippen molar-refractivity contribution >= 4 is 22.4 Å². The van der Waals surface area contributed by atoms with Crippen molar-refractivity contribution in [3.8, 4) is 29.0 Å². The zero-order valence-corrected chi connectivity index (χ0v) is 20.0. The summed E-state index contributed by atoms with van der Waals surface area (Å²) in [6.45, 7) is 5.36. The minimum atomic E-state index is -0.458. The number of anilines is 2. The maximum atomic E-state index is 13.9. The number of nitrogens with zero attached hydrogens (tertiary/aromatic N) is 5. The van der Waals surface area contributed by atoms with Gasteiger partial charge in [0.2, 0.25) is 0 Å². The number of nitrogens with two attached hydrogens (primary N) is 1. The Bertz CT molecular complexity index is 1690. The number of aryl methyl sites for hydroxylation is 1. The van der Waals surface area contributed by atoms with E-state index in [2.05, 4.69) is 32.3 Å². The van der Waals surface area contributed by atoms with Crippen LogP contribution in [0.3, 0.4) is 0 Å². The summed E-state index contributed by atoms with van der Waals surface area (Å²) in [5.74, 6) is 7.57. The highest BCUT2D eigenvalue weighted by Gasteiger charge is 2.23. The number of fused-ring (bicyclic) bond motifs is 1. The van der Waals surface area contributed by atoms with Gasteiger partial charge in [0, 0.05) is 17.4 Å². The van der Waals surface area contributed by atoms with Crippen LogP contribution in [-0.4, -0.2) is 24.7 Å². The van der Waals surface area contributed by atoms with Crippen molar-refractivity contribution in [2.75, 3.05) is 11.1 Å². The SMILES string of the molecule is CC#Cc1cccc2nc([C@H](C)Nc3nccc(N)c3-c3nc(C)no3)n(-c3ccccc3)c(=O)c12. The number of para-hydroxylation sites is 1. The van der Waals surface area contributed by atoms with Gasteiger partial charge in [-0.25, -0.2) is 9.97 Å². The molecule has 1 atom stereocenters. The predicted octanol–water partition coefficient (Wildman–Crippen LogP) is 4.27. The highest BCUT2D eigenvalue weighted by Crippen LogP contribution is 2.33. The summed E-state index contributed by atoms with van der Waals surface area (Å²) in [6, 6.07) is 16.1. The number of hydrogen-bond donors (Lipinski definition) is 2. The quantitative estimate of drug-likeness (QED) is 0.360. The summed E-state index contributed by atoms with van der Waals surface area (Å²) in [5.41, 5.74) is 8.84. The molecule has 0 aliphatic carbocycles. The molecule has 0 aliphatic rings. The van der Waals surface area contributed by atoms with Crippen LogP contribution in [-0.2, 0) is 0 Å². The molecule has 2 aromatic carbocycles. The second kappa shape index (κ2) is 9.35. The summed E-state index contributed by atoms with van der Waals surface area (Å²) in [6.07, 6.45) is 1.59. The van der Waals surface area contributed by atoms with E-state index in [-0.39, 0.29) is 11.4 Å². The molecule has 0 aliphatic heterocycles. The van der Waals surface area contributed by atoms with Gasteiger partial charge >= 0.3 is 0 Å². The summed E-state index contributed by atoms with van der Waals surface area (Å²) in [7, 11) is 0. The van der Waals surface area contributed by atoms with Gasteiger partial charge in [0.1, 0.15) is 17.2 Å². The molecular weight excluding hydrogens is 454 g/mol. The van der Waals surface area contributed by atoms with Crippen molar-refractivity contribution in [2.45, 2.75) is 26.8 Å². The van der Waals surface area contributed by atoms with Gasteiger partial charge in [-0.1, -0.05) is 35.3 Å². The van der Waals surface area contributed by atoms with Gasteiger partial charge in [-0.15, -0.1) is 5.92 Å². The van der Waals surface area contributed by atoms with Crippen LogP contribution < -0.4 is 16.6 Å². The molecule has 5 rings (SSSR count). The third kappa shape index (κ3) is 4.05. The second-order valence-electron chi connectivity index (χ2n) is 8.16. The summed E-state index contributed by atoms with van der Waals surface area (Å²) in [5, 5.41) is 7.69. The molecule has 5 aromatic rings. The zero-order chi connectivity index (χ0) is 25.2. The van der Waals surface area contributed by atoms with E-state index in [0.29, 0.717) is 50.9 Å². The van der Waals surface area contributed by atoms with E-state index < -0.39 is 6.04 Å². The molecule has 0 amide bonds. The van der Waals surface area contributed by atoms with Gasteiger partial charge in [-0.2, -0.15) is 4.98 Å². The molecule has 0 unspecified atom stereocenters. The van der Waals surface area contributed by atoms with E-state index in [1.807, 2.05) is 55.5 Å². The van der Waals surface area contributed by atoms with Gasteiger partial charge in [0.15, 0.2) is 5.82 Å². The fraction of sp³-hybridized carbons (Fsp3) is 0.148. The molecule has 9 heteroatoms. The number of benzene rings is 2. The lowest BCUT2D eigenvalue weighted by Crippen LogP contribution is -2.28. The predicted molar refractivity (Wildman–Crippen MR) is 139 cm³/mol. The summed E-state index contributed by atoms with van der Waals surface area (Å²) >= 11 is 0. The first-order chi connectivity index (χ1) is 17.5. The number of pyridine rings is 1. The van der Waals surface area contributed by atoms with Gasteiger partial charge in [0.25, 0.3) is 11.4 Å². The number of hydrogen-bond acceptors (Lipinski definition) is 8. The number of rotatable bonds is 5. The Morgan fingerprint density at radius 1 is 1.08 bits per heavy atom. The Hall–Kier alpha value is -4.97. The first kappa shape index (κ1) is 22.8. The van der Waals surface area contributed by atoms with Crippen molar-refractivity contribution in [1.29, 1.82) is 0 Å². The van der Waals surface area contributed by atoms with Crippen molar-refractivity contribution in [2.24, 2.45) is 0 Å². The average molecular weight is 478 g/mol. The molecule has 0 fully saturated rings. The van der Waals surface area contributed by atoms with E-state index in [9.17, 15) is 4.79 Å². The van der Waals surface area contributed by atoms with Crippen LogP contribution in [0, 0.1) is 18.8 Å². The van der Waals surface area contributed by atoms with Crippen LogP contribution in [0.2, 0.25) is 0 Å². The van der Waals surface area contributed by atoms with Crippen molar-refractivity contribution in [3.63, 3.8) is 0 Å². The van der Waals surface area contributed by atoms with Gasteiger partial charge in [0.05, 0.1) is 22.6 Å². The Morgan fingerprint density at radius 2 is 1.89 bits per heavy atom. The molecule has 3 N–H and O–H groups in total. The molecule has 3 aromatic heterocycles.